The van der Waals surface area contributed by atoms with Gasteiger partial charge in [-0.3, -0.25) is 4.79 Å². The third kappa shape index (κ3) is 8.27. The van der Waals surface area contributed by atoms with Gasteiger partial charge in [0.05, 0.1) is 19.8 Å². The van der Waals surface area contributed by atoms with Crippen LogP contribution in [-0.2, 0) is 9.47 Å². The molecule has 1 saturated heterocycles. The second-order valence-corrected chi connectivity index (χ2v) is 10.4. The van der Waals surface area contributed by atoms with Gasteiger partial charge in [0.25, 0.3) is 5.91 Å². The Bertz CT molecular complexity index is 853. The van der Waals surface area contributed by atoms with Crippen LogP contribution in [0, 0.1) is 0 Å². The van der Waals surface area contributed by atoms with Crippen LogP contribution in [0.3, 0.4) is 0 Å². The molecule has 1 N–H and O–H groups in total. The summed E-state index contributed by atoms with van der Waals surface area (Å²) in [6, 6.07) is 4.79. The van der Waals surface area contributed by atoms with E-state index in [1.807, 2.05) is 39.5 Å². The third-order valence-corrected chi connectivity index (χ3v) is 6.12. The molecule has 0 aromatic heterocycles. The van der Waals surface area contributed by atoms with E-state index < -0.39 is 11.7 Å². The maximum Gasteiger partial charge on any atom is 0.410 e. The molecular weight excluding hydrogens is 464 g/mol. The highest BCUT2D eigenvalue weighted by atomic mass is 16.6. The monoisotopic (exact) mass is 508 g/mol. The second-order valence-electron chi connectivity index (χ2n) is 10.4. The van der Waals surface area contributed by atoms with Crippen LogP contribution in [-0.4, -0.2) is 91.2 Å². The number of ether oxygens (including phenoxy) is 4. The standard InChI is InChI=1S/C27H44N2O7/c1-19(2)29(22-11-10-21(13-14-30)28(18-22)26(32)36-27(3,4)5)25(31)20-9-12-23(34-7)24(17-20)35-16-8-15-33-6/h9,12,17,19,21-22,30H,8,10-11,13-16,18H2,1-7H3/t21-,22-/m1/s1. The lowest BCUT2D eigenvalue weighted by molar-refractivity contribution is -0.00992. The van der Waals surface area contributed by atoms with E-state index in [4.69, 9.17) is 18.9 Å². The molecule has 9 nitrogen and oxygen atoms in total. The van der Waals surface area contributed by atoms with Crippen LogP contribution in [0.1, 0.15) is 70.7 Å². The highest BCUT2D eigenvalue weighted by molar-refractivity contribution is 5.95. The van der Waals surface area contributed by atoms with Gasteiger partial charge in [-0.1, -0.05) is 0 Å². The Morgan fingerprint density at radius 2 is 1.86 bits per heavy atom. The Balaban J connectivity index is 2.27. The molecule has 0 bridgehead atoms. The molecular formula is C27H44N2O7. The zero-order valence-electron chi connectivity index (χ0n) is 22.9. The van der Waals surface area contributed by atoms with Crippen LogP contribution in [0.15, 0.2) is 18.2 Å². The first-order chi connectivity index (χ1) is 17.0. The Labute approximate surface area is 215 Å². The number of piperidine rings is 1. The Morgan fingerprint density at radius 1 is 1.14 bits per heavy atom. The second kappa shape index (κ2) is 13.7. The fourth-order valence-electron chi connectivity index (χ4n) is 4.51. The van der Waals surface area contributed by atoms with Gasteiger partial charge in [0, 0.05) is 50.9 Å². The maximum atomic E-state index is 13.8. The van der Waals surface area contributed by atoms with E-state index in [0.717, 1.165) is 6.42 Å². The van der Waals surface area contributed by atoms with E-state index in [-0.39, 0.29) is 30.6 Å². The number of likely N-dealkylation sites (tertiary alicyclic amines) is 1. The molecule has 0 unspecified atom stereocenters. The van der Waals surface area contributed by atoms with Gasteiger partial charge in [-0.25, -0.2) is 4.79 Å². The van der Waals surface area contributed by atoms with Gasteiger partial charge in [-0.05, 0) is 72.1 Å². The zero-order valence-corrected chi connectivity index (χ0v) is 22.9. The first kappa shape index (κ1) is 29.7. The van der Waals surface area contributed by atoms with Gasteiger partial charge in [0.1, 0.15) is 5.60 Å². The van der Waals surface area contributed by atoms with Crippen molar-refractivity contribution in [3.8, 4) is 11.5 Å². The van der Waals surface area contributed by atoms with Crippen LogP contribution in [0.4, 0.5) is 4.79 Å². The molecule has 0 spiro atoms. The van der Waals surface area contributed by atoms with Gasteiger partial charge in [0.15, 0.2) is 11.5 Å². The van der Waals surface area contributed by atoms with E-state index in [1.54, 1.807) is 37.3 Å². The first-order valence-corrected chi connectivity index (χ1v) is 12.7. The van der Waals surface area contributed by atoms with Gasteiger partial charge < -0.3 is 33.9 Å². The van der Waals surface area contributed by atoms with E-state index in [1.165, 1.54) is 0 Å². The fraction of sp³-hybridized carbons (Fsp3) is 0.704. The van der Waals surface area contributed by atoms with Gasteiger partial charge in [0.2, 0.25) is 0 Å². The lowest BCUT2D eigenvalue weighted by Gasteiger charge is -2.45. The summed E-state index contributed by atoms with van der Waals surface area (Å²) in [5.41, 5.74) is -0.142. The number of nitrogens with zero attached hydrogens (tertiary/aromatic N) is 2. The first-order valence-electron chi connectivity index (χ1n) is 12.7. The van der Waals surface area contributed by atoms with E-state index >= 15 is 0 Å². The lowest BCUT2D eigenvalue weighted by atomic mass is 9.94. The molecule has 1 aromatic rings. The van der Waals surface area contributed by atoms with E-state index in [0.29, 0.717) is 56.1 Å². The highest BCUT2D eigenvalue weighted by Crippen LogP contribution is 2.31. The molecule has 204 valence electrons. The molecule has 2 atom stereocenters. The number of hydrogen-bond acceptors (Lipinski definition) is 7. The summed E-state index contributed by atoms with van der Waals surface area (Å²) in [7, 11) is 3.21. The number of methoxy groups -OCH3 is 2. The van der Waals surface area contributed by atoms with Crippen LogP contribution in [0.2, 0.25) is 0 Å². The van der Waals surface area contributed by atoms with Crippen molar-refractivity contribution in [1.82, 2.24) is 9.80 Å². The molecule has 0 aliphatic carbocycles. The van der Waals surface area contributed by atoms with Gasteiger partial charge in [-0.15, -0.1) is 0 Å². The predicted molar refractivity (Wildman–Crippen MR) is 138 cm³/mol. The Hall–Kier alpha value is -2.52. The summed E-state index contributed by atoms with van der Waals surface area (Å²) < 4.78 is 22.0. The summed E-state index contributed by atoms with van der Waals surface area (Å²) in [4.78, 5) is 30.3. The SMILES string of the molecule is COCCCOc1cc(C(=O)N(C(C)C)[C@@H]2CC[C@H](CCO)N(C(=O)OC(C)(C)C)C2)ccc1OC. The summed E-state index contributed by atoms with van der Waals surface area (Å²) in [6.45, 7) is 10.8. The topological polar surface area (TPSA) is 97.8 Å². The van der Waals surface area contributed by atoms with Crippen molar-refractivity contribution >= 4 is 12.0 Å². The number of amides is 2. The largest absolute Gasteiger partial charge is 0.493 e. The summed E-state index contributed by atoms with van der Waals surface area (Å²) in [5.74, 6) is 0.926. The number of carbonyl (C=O) groups excluding carboxylic acids is 2. The maximum absolute atomic E-state index is 13.8. The predicted octanol–water partition coefficient (Wildman–Crippen LogP) is 4.11. The van der Waals surface area contributed by atoms with Crippen LogP contribution in [0.25, 0.3) is 0 Å². The minimum atomic E-state index is -0.635. The molecule has 1 aliphatic heterocycles. The average molecular weight is 509 g/mol. The Morgan fingerprint density at radius 3 is 2.44 bits per heavy atom. The molecule has 1 heterocycles. The Kier molecular flexibility index (Phi) is 11.3. The summed E-state index contributed by atoms with van der Waals surface area (Å²) in [6.07, 6.45) is 2.18. The van der Waals surface area contributed by atoms with Crippen molar-refractivity contribution in [2.75, 3.05) is 40.6 Å². The molecule has 1 fully saturated rings. The smallest absolute Gasteiger partial charge is 0.410 e. The average Bonchev–Trinajstić information content (AvgIpc) is 2.81. The van der Waals surface area contributed by atoms with Crippen LogP contribution in [0.5, 0.6) is 11.5 Å². The van der Waals surface area contributed by atoms with Gasteiger partial charge in [-0.2, -0.15) is 0 Å². The molecule has 2 amide bonds. The number of aliphatic hydroxyl groups excluding tert-OH is 1. The molecule has 0 radical (unpaired) electrons. The minimum absolute atomic E-state index is 0.0134. The van der Waals surface area contributed by atoms with Crippen molar-refractivity contribution in [3.63, 3.8) is 0 Å². The molecule has 36 heavy (non-hydrogen) atoms. The van der Waals surface area contributed by atoms with Crippen molar-refractivity contribution in [2.45, 2.75) is 84.0 Å². The zero-order chi connectivity index (χ0) is 26.9. The number of benzene rings is 1. The van der Waals surface area contributed by atoms with Crippen LogP contribution >= 0.6 is 0 Å². The molecule has 2 rings (SSSR count). The van der Waals surface area contributed by atoms with Crippen molar-refractivity contribution < 1.29 is 33.6 Å². The summed E-state index contributed by atoms with van der Waals surface area (Å²) >= 11 is 0. The molecule has 9 heteroatoms. The molecule has 1 aromatic carbocycles. The quantitative estimate of drug-likeness (QED) is 0.449. The van der Waals surface area contributed by atoms with Crippen molar-refractivity contribution in [3.05, 3.63) is 23.8 Å². The summed E-state index contributed by atoms with van der Waals surface area (Å²) in [5, 5.41) is 9.54. The number of aliphatic hydroxyl groups is 1. The molecule has 0 saturated carbocycles. The fourth-order valence-corrected chi connectivity index (χ4v) is 4.51. The van der Waals surface area contributed by atoms with Crippen LogP contribution < -0.4 is 9.47 Å². The van der Waals surface area contributed by atoms with E-state index in [2.05, 4.69) is 0 Å². The van der Waals surface area contributed by atoms with Gasteiger partial charge >= 0.3 is 6.09 Å². The third-order valence-electron chi connectivity index (χ3n) is 6.12. The number of rotatable bonds is 11. The number of hydrogen-bond donors (Lipinski definition) is 1. The lowest BCUT2D eigenvalue weighted by Crippen LogP contribution is -2.57. The van der Waals surface area contributed by atoms with Crippen molar-refractivity contribution in [2.24, 2.45) is 0 Å². The molecule has 1 aliphatic rings. The number of carbonyl (C=O) groups is 2. The normalized spacial score (nSPS) is 18.2. The minimum Gasteiger partial charge on any atom is -0.493 e. The van der Waals surface area contributed by atoms with E-state index in [9.17, 15) is 14.7 Å². The van der Waals surface area contributed by atoms with Crippen molar-refractivity contribution in [1.29, 1.82) is 0 Å². The highest BCUT2D eigenvalue weighted by Gasteiger charge is 2.38.